The first-order valence-corrected chi connectivity index (χ1v) is 4.50. The van der Waals surface area contributed by atoms with E-state index in [-0.39, 0.29) is 17.6 Å². The Morgan fingerprint density at radius 1 is 1.58 bits per heavy atom. The Kier molecular flexibility index (Phi) is 2.73. The number of ether oxygens (including phenoxy) is 1. The topological polar surface area (TPSA) is 52.3 Å². The van der Waals surface area contributed by atoms with Gasteiger partial charge >= 0.3 is 5.97 Å². The first-order valence-electron chi connectivity index (χ1n) is 4.50. The van der Waals surface area contributed by atoms with Gasteiger partial charge in [0.25, 0.3) is 0 Å². The van der Waals surface area contributed by atoms with Crippen molar-refractivity contribution in [3.63, 3.8) is 0 Å². The van der Waals surface area contributed by atoms with Crippen LogP contribution in [-0.2, 0) is 9.53 Å². The van der Waals surface area contributed by atoms with Crippen LogP contribution in [0.1, 0.15) is 39.5 Å². The second-order valence-electron chi connectivity index (χ2n) is 3.93. The summed E-state index contributed by atoms with van der Waals surface area (Å²) in [4.78, 5) is 11.2. The molecule has 12 heavy (non-hydrogen) atoms. The molecule has 1 fully saturated rings. The second-order valence-corrected chi connectivity index (χ2v) is 3.93. The minimum atomic E-state index is -0.244. The van der Waals surface area contributed by atoms with Gasteiger partial charge in [-0.3, -0.25) is 4.79 Å². The van der Waals surface area contributed by atoms with Gasteiger partial charge in [0.2, 0.25) is 0 Å². The van der Waals surface area contributed by atoms with E-state index in [9.17, 15) is 4.79 Å². The molecule has 0 aromatic heterocycles. The molecule has 2 N–H and O–H groups in total. The highest BCUT2D eigenvalue weighted by molar-refractivity contribution is 5.71. The van der Waals surface area contributed by atoms with Gasteiger partial charge in [-0.1, -0.05) is 0 Å². The highest BCUT2D eigenvalue weighted by Gasteiger charge is 2.35. The monoisotopic (exact) mass is 171 g/mol. The zero-order chi connectivity index (χ0) is 9.19. The van der Waals surface area contributed by atoms with Crippen molar-refractivity contribution < 1.29 is 9.53 Å². The van der Waals surface area contributed by atoms with Crippen LogP contribution in [-0.4, -0.2) is 17.6 Å². The fraction of sp³-hybridized carbons (Fsp3) is 0.889. The van der Waals surface area contributed by atoms with Crippen LogP contribution >= 0.6 is 0 Å². The molecule has 70 valence electrons. The average Bonchev–Trinajstić information content (AvgIpc) is 1.81. The summed E-state index contributed by atoms with van der Waals surface area (Å²) in [6.07, 6.45) is 3.41. The molecule has 0 aliphatic heterocycles. The van der Waals surface area contributed by atoms with E-state index in [0.29, 0.717) is 6.42 Å². The summed E-state index contributed by atoms with van der Waals surface area (Å²) in [6.45, 7) is 3.70. The molecule has 0 saturated heterocycles. The Hall–Kier alpha value is -0.570. The molecule has 0 heterocycles. The Labute approximate surface area is 73.3 Å². The third-order valence-electron chi connectivity index (χ3n) is 2.21. The van der Waals surface area contributed by atoms with Crippen LogP contribution in [0.25, 0.3) is 0 Å². The number of rotatable bonds is 3. The number of hydrogen-bond donors (Lipinski definition) is 1. The maximum absolute atomic E-state index is 11.2. The summed E-state index contributed by atoms with van der Waals surface area (Å²) in [5.74, 6) is -0.160. The highest BCUT2D eigenvalue weighted by Crippen LogP contribution is 2.32. The summed E-state index contributed by atoms with van der Waals surface area (Å²) in [6, 6.07) is 0. The number of carbonyl (C=O) groups excluding carboxylic acids is 1. The van der Waals surface area contributed by atoms with Gasteiger partial charge in [-0.15, -0.1) is 0 Å². The average molecular weight is 171 g/mol. The standard InChI is InChI=1S/C9H17NO2/c1-7(2)12-8(11)6-9(10)4-3-5-9/h7H,3-6,10H2,1-2H3. The molecule has 0 bridgehead atoms. The van der Waals surface area contributed by atoms with Crippen LogP contribution in [0.15, 0.2) is 0 Å². The lowest BCUT2D eigenvalue weighted by Gasteiger charge is -2.37. The van der Waals surface area contributed by atoms with Gasteiger partial charge in [0.1, 0.15) is 0 Å². The van der Waals surface area contributed by atoms with E-state index in [0.717, 1.165) is 19.3 Å². The fourth-order valence-corrected chi connectivity index (χ4v) is 1.40. The molecule has 1 rings (SSSR count). The van der Waals surface area contributed by atoms with Crippen LogP contribution in [0.4, 0.5) is 0 Å². The van der Waals surface area contributed by atoms with Crippen LogP contribution in [0, 0.1) is 0 Å². The molecule has 0 aromatic carbocycles. The van der Waals surface area contributed by atoms with Gasteiger partial charge in [-0.2, -0.15) is 0 Å². The summed E-state index contributed by atoms with van der Waals surface area (Å²) < 4.78 is 5.00. The fourth-order valence-electron chi connectivity index (χ4n) is 1.40. The number of carbonyl (C=O) groups is 1. The van der Waals surface area contributed by atoms with Crippen LogP contribution in [0.5, 0.6) is 0 Å². The molecule has 0 radical (unpaired) electrons. The molecule has 0 aromatic rings. The number of nitrogens with two attached hydrogens (primary N) is 1. The third-order valence-corrected chi connectivity index (χ3v) is 2.21. The van der Waals surface area contributed by atoms with E-state index in [4.69, 9.17) is 10.5 Å². The summed E-state index contributed by atoms with van der Waals surface area (Å²) in [7, 11) is 0. The van der Waals surface area contributed by atoms with Gasteiger partial charge in [-0.05, 0) is 33.1 Å². The van der Waals surface area contributed by atoms with Gasteiger partial charge in [0.15, 0.2) is 0 Å². The quantitative estimate of drug-likeness (QED) is 0.649. The molecular weight excluding hydrogens is 154 g/mol. The molecule has 1 aliphatic rings. The van der Waals surface area contributed by atoms with Crippen molar-refractivity contribution in [1.29, 1.82) is 0 Å². The van der Waals surface area contributed by atoms with Crippen molar-refractivity contribution in [1.82, 2.24) is 0 Å². The molecule has 3 heteroatoms. The maximum atomic E-state index is 11.2. The first kappa shape index (κ1) is 9.52. The predicted molar refractivity (Wildman–Crippen MR) is 46.6 cm³/mol. The van der Waals surface area contributed by atoms with E-state index in [1.54, 1.807) is 0 Å². The van der Waals surface area contributed by atoms with Gasteiger partial charge < -0.3 is 10.5 Å². The van der Waals surface area contributed by atoms with E-state index in [1.165, 1.54) is 0 Å². The first-order chi connectivity index (χ1) is 5.52. The smallest absolute Gasteiger partial charge is 0.307 e. The lowest BCUT2D eigenvalue weighted by molar-refractivity contribution is -0.149. The van der Waals surface area contributed by atoms with E-state index >= 15 is 0 Å². The largest absolute Gasteiger partial charge is 0.463 e. The van der Waals surface area contributed by atoms with Crippen molar-refractivity contribution in [3.8, 4) is 0 Å². The lowest BCUT2D eigenvalue weighted by Crippen LogP contribution is -2.48. The maximum Gasteiger partial charge on any atom is 0.307 e. The molecule has 0 unspecified atom stereocenters. The minimum Gasteiger partial charge on any atom is -0.463 e. The normalized spacial score (nSPS) is 20.3. The molecule has 3 nitrogen and oxygen atoms in total. The van der Waals surface area contributed by atoms with Crippen LogP contribution < -0.4 is 5.73 Å². The summed E-state index contributed by atoms with van der Waals surface area (Å²) >= 11 is 0. The van der Waals surface area contributed by atoms with Gasteiger partial charge in [0, 0.05) is 5.54 Å². The lowest BCUT2D eigenvalue weighted by atomic mass is 9.75. The summed E-state index contributed by atoms with van der Waals surface area (Å²) in [5, 5.41) is 0. The Morgan fingerprint density at radius 3 is 2.50 bits per heavy atom. The van der Waals surface area contributed by atoms with Crippen LogP contribution in [0.3, 0.4) is 0 Å². The van der Waals surface area contributed by atoms with Crippen molar-refractivity contribution in [3.05, 3.63) is 0 Å². The molecular formula is C9H17NO2. The molecule has 0 spiro atoms. The Balaban J connectivity index is 2.26. The van der Waals surface area contributed by atoms with Crippen LogP contribution in [0.2, 0.25) is 0 Å². The minimum absolute atomic E-state index is 0.0267. The third kappa shape index (κ3) is 2.48. The number of esters is 1. The predicted octanol–water partition coefficient (Wildman–Crippen LogP) is 1.21. The SMILES string of the molecule is CC(C)OC(=O)CC1(N)CCC1. The van der Waals surface area contributed by atoms with E-state index in [1.807, 2.05) is 13.8 Å². The van der Waals surface area contributed by atoms with Crippen molar-refractivity contribution in [2.45, 2.75) is 51.2 Å². The van der Waals surface area contributed by atoms with Crippen molar-refractivity contribution in [2.24, 2.45) is 5.73 Å². The molecule has 1 saturated carbocycles. The van der Waals surface area contributed by atoms with Gasteiger partial charge in [0.05, 0.1) is 12.5 Å². The van der Waals surface area contributed by atoms with Crippen molar-refractivity contribution >= 4 is 5.97 Å². The number of hydrogen-bond acceptors (Lipinski definition) is 3. The Bertz CT molecular complexity index is 173. The second kappa shape index (κ2) is 3.44. The zero-order valence-corrected chi connectivity index (χ0v) is 7.80. The zero-order valence-electron chi connectivity index (χ0n) is 7.80. The van der Waals surface area contributed by atoms with E-state index < -0.39 is 0 Å². The molecule has 0 amide bonds. The highest BCUT2D eigenvalue weighted by atomic mass is 16.5. The van der Waals surface area contributed by atoms with E-state index in [2.05, 4.69) is 0 Å². The Morgan fingerprint density at radius 2 is 2.17 bits per heavy atom. The van der Waals surface area contributed by atoms with Crippen molar-refractivity contribution in [2.75, 3.05) is 0 Å². The van der Waals surface area contributed by atoms with Gasteiger partial charge in [-0.25, -0.2) is 0 Å². The molecule has 1 aliphatic carbocycles. The summed E-state index contributed by atoms with van der Waals surface area (Å²) in [5.41, 5.74) is 5.63. The molecule has 0 atom stereocenters.